The van der Waals surface area contributed by atoms with Crippen molar-refractivity contribution in [3.63, 3.8) is 0 Å². The number of nitrogens with zero attached hydrogens (tertiary/aromatic N) is 2. The molecule has 3 aromatic rings. The molecule has 1 aromatic heterocycles. The van der Waals surface area contributed by atoms with Crippen LogP contribution in [0.3, 0.4) is 0 Å². The van der Waals surface area contributed by atoms with Crippen LogP contribution in [-0.4, -0.2) is 22.7 Å². The van der Waals surface area contributed by atoms with Gasteiger partial charge in [0.15, 0.2) is 5.69 Å². The largest absolute Gasteiger partial charge is 0.496 e. The van der Waals surface area contributed by atoms with Gasteiger partial charge in [-0.2, -0.15) is 5.10 Å². The van der Waals surface area contributed by atoms with Crippen LogP contribution in [0.2, 0.25) is 10.0 Å². The predicted molar refractivity (Wildman–Crippen MR) is 120 cm³/mol. The van der Waals surface area contributed by atoms with Gasteiger partial charge in [0.2, 0.25) is 5.78 Å². The SMILES string of the molecule is COc1ccc(/C=C/C(=O)c2nn(C)cc2Cl)cc1COc1cc(C)c(Cl)c(C)c1. The van der Waals surface area contributed by atoms with Crippen molar-refractivity contribution in [2.75, 3.05) is 7.11 Å². The summed E-state index contributed by atoms with van der Waals surface area (Å²) in [4.78, 5) is 12.4. The van der Waals surface area contributed by atoms with Crippen molar-refractivity contribution in [3.05, 3.63) is 80.6 Å². The highest BCUT2D eigenvalue weighted by Crippen LogP contribution is 2.28. The average molecular weight is 445 g/mol. The Hall–Kier alpha value is -2.76. The summed E-state index contributed by atoms with van der Waals surface area (Å²) in [6.45, 7) is 4.20. The highest BCUT2D eigenvalue weighted by atomic mass is 35.5. The van der Waals surface area contributed by atoms with Crippen molar-refractivity contribution in [3.8, 4) is 11.5 Å². The summed E-state index contributed by atoms with van der Waals surface area (Å²) < 4.78 is 12.9. The van der Waals surface area contributed by atoms with E-state index in [9.17, 15) is 4.79 Å². The summed E-state index contributed by atoms with van der Waals surface area (Å²) in [7, 11) is 3.32. The zero-order valence-corrected chi connectivity index (χ0v) is 18.7. The lowest BCUT2D eigenvalue weighted by molar-refractivity contribution is 0.104. The number of hydrogen-bond acceptors (Lipinski definition) is 4. The third-order valence-electron chi connectivity index (χ3n) is 4.55. The highest BCUT2D eigenvalue weighted by Gasteiger charge is 2.12. The smallest absolute Gasteiger partial charge is 0.207 e. The maximum Gasteiger partial charge on any atom is 0.207 e. The van der Waals surface area contributed by atoms with E-state index in [0.717, 1.165) is 33.0 Å². The van der Waals surface area contributed by atoms with Crippen LogP contribution in [-0.2, 0) is 13.7 Å². The summed E-state index contributed by atoms with van der Waals surface area (Å²) >= 11 is 12.3. The molecule has 0 aliphatic rings. The van der Waals surface area contributed by atoms with Crippen molar-refractivity contribution >= 4 is 35.1 Å². The van der Waals surface area contributed by atoms with E-state index in [-0.39, 0.29) is 11.5 Å². The number of aromatic nitrogens is 2. The fraction of sp³-hybridized carbons (Fsp3) is 0.217. The normalized spacial score (nSPS) is 11.1. The third kappa shape index (κ3) is 5.04. The van der Waals surface area contributed by atoms with Gasteiger partial charge < -0.3 is 9.47 Å². The molecule has 7 heteroatoms. The minimum absolute atomic E-state index is 0.223. The second kappa shape index (κ2) is 9.37. The number of ketones is 1. The van der Waals surface area contributed by atoms with Gasteiger partial charge in [-0.15, -0.1) is 0 Å². The number of methoxy groups -OCH3 is 1. The first kappa shape index (κ1) is 21.9. The topological polar surface area (TPSA) is 53.3 Å². The van der Waals surface area contributed by atoms with Crippen molar-refractivity contribution < 1.29 is 14.3 Å². The standard InChI is InChI=1S/C23H22Cl2N2O3/c1-14-9-18(10-15(2)22(14)25)30-13-17-11-16(6-8-21(17)29-4)5-7-20(28)23-19(24)12-27(3)26-23/h5-12H,13H2,1-4H3/b7-5+. The zero-order valence-electron chi connectivity index (χ0n) is 17.2. The van der Waals surface area contributed by atoms with E-state index in [0.29, 0.717) is 17.4 Å². The Labute approximate surface area is 185 Å². The van der Waals surface area contributed by atoms with Gasteiger partial charge in [-0.05, 0) is 60.9 Å². The Kier molecular flexibility index (Phi) is 6.85. The van der Waals surface area contributed by atoms with Crippen LogP contribution in [0.4, 0.5) is 0 Å². The van der Waals surface area contributed by atoms with Gasteiger partial charge >= 0.3 is 0 Å². The van der Waals surface area contributed by atoms with Gasteiger partial charge in [-0.3, -0.25) is 9.48 Å². The number of hydrogen-bond donors (Lipinski definition) is 0. The van der Waals surface area contributed by atoms with Gasteiger partial charge in [0.25, 0.3) is 0 Å². The van der Waals surface area contributed by atoms with Gasteiger partial charge in [-0.25, -0.2) is 0 Å². The molecule has 5 nitrogen and oxygen atoms in total. The molecule has 0 amide bonds. The molecule has 0 unspecified atom stereocenters. The summed E-state index contributed by atoms with van der Waals surface area (Å²) in [5.74, 6) is 1.17. The molecule has 1 heterocycles. The molecule has 0 radical (unpaired) electrons. The Morgan fingerprint density at radius 2 is 1.87 bits per heavy atom. The van der Waals surface area contributed by atoms with Gasteiger partial charge in [-0.1, -0.05) is 35.3 Å². The average Bonchev–Trinajstić information content (AvgIpc) is 3.06. The van der Waals surface area contributed by atoms with E-state index >= 15 is 0 Å². The van der Waals surface area contributed by atoms with E-state index < -0.39 is 0 Å². The number of carbonyl (C=O) groups is 1. The number of aryl methyl sites for hydroxylation is 3. The zero-order chi connectivity index (χ0) is 21.8. The molecule has 0 aliphatic heterocycles. The third-order valence-corrected chi connectivity index (χ3v) is 5.43. The molecule has 0 bridgehead atoms. The molecule has 0 atom stereocenters. The predicted octanol–water partition coefficient (Wildman–Crippen LogP) is 5.83. The molecule has 0 saturated carbocycles. The summed E-state index contributed by atoms with van der Waals surface area (Å²) in [5, 5.41) is 5.15. The Morgan fingerprint density at radius 3 is 2.47 bits per heavy atom. The molecule has 0 spiro atoms. The Balaban J connectivity index is 1.78. The van der Waals surface area contributed by atoms with Crippen LogP contribution in [0.25, 0.3) is 6.08 Å². The maximum absolute atomic E-state index is 12.4. The first-order valence-electron chi connectivity index (χ1n) is 9.26. The molecule has 3 rings (SSSR count). The molecular formula is C23H22Cl2N2O3. The van der Waals surface area contributed by atoms with E-state index in [1.54, 1.807) is 26.4 Å². The maximum atomic E-state index is 12.4. The fourth-order valence-corrected chi connectivity index (χ4v) is 3.42. The van der Waals surface area contributed by atoms with Crippen LogP contribution in [0.5, 0.6) is 11.5 Å². The molecule has 0 saturated heterocycles. The second-order valence-electron chi connectivity index (χ2n) is 6.93. The quantitative estimate of drug-likeness (QED) is 0.339. The van der Waals surface area contributed by atoms with E-state index in [2.05, 4.69) is 5.10 Å². The van der Waals surface area contributed by atoms with Crippen molar-refractivity contribution in [2.45, 2.75) is 20.5 Å². The van der Waals surface area contributed by atoms with Crippen LogP contribution in [0, 0.1) is 13.8 Å². The molecule has 0 aliphatic carbocycles. The molecule has 0 N–H and O–H groups in total. The molecule has 0 fully saturated rings. The van der Waals surface area contributed by atoms with Crippen LogP contribution in [0.15, 0.2) is 42.6 Å². The first-order valence-corrected chi connectivity index (χ1v) is 10.0. The van der Waals surface area contributed by atoms with Crippen molar-refractivity contribution in [1.29, 1.82) is 0 Å². The minimum atomic E-state index is -0.263. The van der Waals surface area contributed by atoms with Crippen molar-refractivity contribution in [2.24, 2.45) is 7.05 Å². The van der Waals surface area contributed by atoms with Crippen LogP contribution in [0.1, 0.15) is 32.7 Å². The number of benzene rings is 2. The van der Waals surface area contributed by atoms with E-state index in [1.807, 2.05) is 44.2 Å². The van der Waals surface area contributed by atoms with E-state index in [1.165, 1.54) is 10.8 Å². The number of ether oxygens (including phenoxy) is 2. The highest BCUT2D eigenvalue weighted by molar-refractivity contribution is 6.34. The lowest BCUT2D eigenvalue weighted by Crippen LogP contribution is -2.00. The van der Waals surface area contributed by atoms with Crippen molar-refractivity contribution in [1.82, 2.24) is 9.78 Å². The molecule has 2 aromatic carbocycles. The monoisotopic (exact) mass is 444 g/mol. The van der Waals surface area contributed by atoms with Gasteiger partial charge in [0.1, 0.15) is 18.1 Å². The van der Waals surface area contributed by atoms with Gasteiger partial charge in [0, 0.05) is 23.8 Å². The summed E-state index contributed by atoms with van der Waals surface area (Å²) in [6.07, 6.45) is 4.76. The number of carbonyl (C=O) groups excluding carboxylic acids is 1. The van der Waals surface area contributed by atoms with Crippen LogP contribution >= 0.6 is 23.2 Å². The fourth-order valence-electron chi connectivity index (χ4n) is 3.04. The number of rotatable bonds is 7. The lowest BCUT2D eigenvalue weighted by Gasteiger charge is -2.13. The molecule has 30 heavy (non-hydrogen) atoms. The van der Waals surface area contributed by atoms with E-state index in [4.69, 9.17) is 32.7 Å². The summed E-state index contributed by atoms with van der Waals surface area (Å²) in [5.41, 5.74) is 3.83. The Morgan fingerprint density at radius 1 is 1.17 bits per heavy atom. The molecular weight excluding hydrogens is 423 g/mol. The molecule has 156 valence electrons. The lowest BCUT2D eigenvalue weighted by atomic mass is 10.1. The first-order chi connectivity index (χ1) is 14.3. The summed E-state index contributed by atoms with van der Waals surface area (Å²) in [6, 6.07) is 9.43. The second-order valence-corrected chi connectivity index (χ2v) is 7.71. The van der Waals surface area contributed by atoms with Crippen LogP contribution < -0.4 is 9.47 Å². The number of halogens is 2. The van der Waals surface area contributed by atoms with Gasteiger partial charge in [0.05, 0.1) is 12.1 Å². The Bertz CT molecular complexity index is 1100. The number of allylic oxidation sites excluding steroid dienone is 1. The minimum Gasteiger partial charge on any atom is -0.496 e.